The summed E-state index contributed by atoms with van der Waals surface area (Å²) in [6.07, 6.45) is 1.80. The van der Waals surface area contributed by atoms with E-state index in [0.717, 1.165) is 39.9 Å². The number of pyridine rings is 1. The Morgan fingerprint density at radius 3 is 2.45 bits per heavy atom. The largest absolute Gasteiger partial charge is 0.384 e. The first-order valence-electron chi connectivity index (χ1n) is 10.1. The van der Waals surface area contributed by atoms with Gasteiger partial charge in [-0.05, 0) is 61.8 Å². The average Bonchev–Trinajstić information content (AvgIpc) is 2.71. The summed E-state index contributed by atoms with van der Waals surface area (Å²) in [5, 5.41) is 10.1. The van der Waals surface area contributed by atoms with Crippen LogP contribution in [0.5, 0.6) is 0 Å². The van der Waals surface area contributed by atoms with Crippen LogP contribution in [0.15, 0.2) is 54.7 Å². The Kier molecular flexibility index (Phi) is 5.67. The molecule has 4 aromatic rings. The van der Waals surface area contributed by atoms with Crippen molar-refractivity contribution < 1.29 is 0 Å². The summed E-state index contributed by atoms with van der Waals surface area (Å²) in [5.41, 5.74) is 2.25. The molecule has 0 aliphatic rings. The third kappa shape index (κ3) is 4.39. The molecule has 5 nitrogen and oxygen atoms in total. The second-order valence-electron chi connectivity index (χ2n) is 8.87. The highest BCUT2D eigenvalue weighted by Gasteiger charge is 2.37. The lowest BCUT2D eigenvalue weighted by Gasteiger charge is -2.43. The maximum absolute atomic E-state index is 6.18. The summed E-state index contributed by atoms with van der Waals surface area (Å²) < 4.78 is 0. The Morgan fingerprint density at radius 2 is 1.65 bits per heavy atom. The number of hydrogen-bond acceptors (Lipinski definition) is 5. The van der Waals surface area contributed by atoms with Gasteiger partial charge in [-0.3, -0.25) is 4.98 Å². The van der Waals surface area contributed by atoms with Crippen molar-refractivity contribution in [2.45, 2.75) is 33.2 Å². The molecule has 7 heteroatoms. The van der Waals surface area contributed by atoms with Crippen molar-refractivity contribution in [2.24, 2.45) is 5.41 Å². The van der Waals surface area contributed by atoms with Gasteiger partial charge in [-0.15, -0.1) is 0 Å². The maximum atomic E-state index is 6.18. The van der Waals surface area contributed by atoms with Crippen molar-refractivity contribution in [3.05, 3.63) is 65.0 Å². The minimum Gasteiger partial charge on any atom is -0.384 e. The summed E-state index contributed by atoms with van der Waals surface area (Å²) in [5.74, 6) is 0.734. The molecule has 0 unspecified atom stereocenters. The zero-order valence-corrected chi connectivity index (χ0v) is 19.5. The number of nitrogens with zero attached hydrogens (tertiary/aromatic N) is 3. The maximum Gasteiger partial charge on any atom is 0.224 e. The van der Waals surface area contributed by atoms with E-state index in [1.807, 2.05) is 48.5 Å². The first kappa shape index (κ1) is 21.6. The van der Waals surface area contributed by atoms with Crippen LogP contribution in [-0.4, -0.2) is 27.0 Å². The third-order valence-corrected chi connectivity index (χ3v) is 6.53. The molecule has 0 spiro atoms. The van der Waals surface area contributed by atoms with Gasteiger partial charge in [-0.1, -0.05) is 37.6 Å². The molecular weight excluding hydrogens is 429 g/mol. The number of aromatic nitrogens is 3. The van der Waals surface area contributed by atoms with Crippen LogP contribution in [0.25, 0.3) is 21.8 Å². The van der Waals surface area contributed by atoms with E-state index in [1.54, 1.807) is 6.20 Å². The SMILES string of the molecule is CC(C)(CNc1ccnc2cc(Cl)ccc12)C(C)(C)Nc1nc(Cl)nc2ccccc12. The molecule has 0 aliphatic carbocycles. The van der Waals surface area contributed by atoms with Crippen LogP contribution in [-0.2, 0) is 0 Å². The Morgan fingerprint density at radius 1 is 0.871 bits per heavy atom. The van der Waals surface area contributed by atoms with E-state index in [-0.39, 0.29) is 16.2 Å². The Labute approximate surface area is 192 Å². The molecule has 0 saturated carbocycles. The molecule has 160 valence electrons. The lowest BCUT2D eigenvalue weighted by Crippen LogP contribution is -2.49. The van der Waals surface area contributed by atoms with Crippen LogP contribution in [0.2, 0.25) is 10.3 Å². The summed E-state index contributed by atoms with van der Waals surface area (Å²) >= 11 is 12.3. The fraction of sp³-hybridized carbons (Fsp3) is 0.292. The average molecular weight is 454 g/mol. The molecule has 2 heterocycles. The summed E-state index contributed by atoms with van der Waals surface area (Å²) in [6, 6.07) is 15.6. The molecule has 0 fully saturated rings. The molecule has 0 atom stereocenters. The Balaban J connectivity index is 1.59. The fourth-order valence-corrected chi connectivity index (χ4v) is 3.76. The van der Waals surface area contributed by atoms with Crippen molar-refractivity contribution in [2.75, 3.05) is 17.2 Å². The first-order valence-corrected chi connectivity index (χ1v) is 10.9. The standard InChI is InChI=1S/C24H25Cl2N5/c1-23(2,14-28-18-11-12-27-20-13-15(25)9-10-16(18)20)24(3,4)31-21-17-7-5-6-8-19(17)29-22(26)30-21/h5-13H,14H2,1-4H3,(H,27,28)(H,29,30,31). The van der Waals surface area contributed by atoms with Gasteiger partial charge in [-0.25, -0.2) is 9.97 Å². The van der Waals surface area contributed by atoms with E-state index in [2.05, 4.69) is 53.3 Å². The molecule has 0 radical (unpaired) electrons. The second-order valence-corrected chi connectivity index (χ2v) is 9.64. The Hall–Kier alpha value is -2.63. The number of rotatable bonds is 6. The van der Waals surface area contributed by atoms with Gasteiger partial charge in [0, 0.05) is 45.2 Å². The van der Waals surface area contributed by atoms with E-state index < -0.39 is 0 Å². The van der Waals surface area contributed by atoms with E-state index in [4.69, 9.17) is 23.2 Å². The monoisotopic (exact) mass is 453 g/mol. The van der Waals surface area contributed by atoms with E-state index in [1.165, 1.54) is 0 Å². The minimum atomic E-state index is -0.313. The molecule has 2 aromatic heterocycles. The van der Waals surface area contributed by atoms with Crippen molar-refractivity contribution in [1.29, 1.82) is 0 Å². The van der Waals surface area contributed by atoms with Crippen LogP contribution in [0.4, 0.5) is 11.5 Å². The number of anilines is 2. The van der Waals surface area contributed by atoms with Crippen molar-refractivity contribution in [3.63, 3.8) is 0 Å². The Bertz CT molecular complexity index is 1250. The van der Waals surface area contributed by atoms with Crippen molar-refractivity contribution in [3.8, 4) is 0 Å². The van der Waals surface area contributed by atoms with Crippen LogP contribution < -0.4 is 10.6 Å². The lowest BCUT2D eigenvalue weighted by molar-refractivity contribution is 0.242. The topological polar surface area (TPSA) is 62.7 Å². The minimum absolute atomic E-state index is 0.159. The van der Waals surface area contributed by atoms with Gasteiger partial charge in [0.05, 0.1) is 11.0 Å². The van der Waals surface area contributed by atoms with Gasteiger partial charge in [-0.2, -0.15) is 0 Å². The molecule has 0 bridgehead atoms. The summed E-state index contributed by atoms with van der Waals surface area (Å²) in [6.45, 7) is 9.51. The summed E-state index contributed by atoms with van der Waals surface area (Å²) in [4.78, 5) is 13.2. The number of halogens is 2. The van der Waals surface area contributed by atoms with Gasteiger partial charge in [0.15, 0.2) is 0 Å². The highest BCUT2D eigenvalue weighted by atomic mass is 35.5. The predicted molar refractivity (Wildman–Crippen MR) is 131 cm³/mol. The molecule has 31 heavy (non-hydrogen) atoms. The van der Waals surface area contributed by atoms with Gasteiger partial charge in [0.25, 0.3) is 0 Å². The zero-order valence-electron chi connectivity index (χ0n) is 18.0. The molecule has 4 rings (SSSR count). The van der Waals surface area contributed by atoms with E-state index in [0.29, 0.717) is 5.02 Å². The van der Waals surface area contributed by atoms with Crippen LogP contribution in [0, 0.1) is 5.41 Å². The number of fused-ring (bicyclic) bond motifs is 2. The highest BCUT2D eigenvalue weighted by molar-refractivity contribution is 6.31. The number of benzene rings is 2. The number of para-hydroxylation sites is 1. The molecule has 2 N–H and O–H groups in total. The van der Waals surface area contributed by atoms with Gasteiger partial charge in [0.1, 0.15) is 5.82 Å². The smallest absolute Gasteiger partial charge is 0.224 e. The van der Waals surface area contributed by atoms with Gasteiger partial charge >= 0.3 is 0 Å². The quantitative estimate of drug-likeness (QED) is 0.313. The van der Waals surface area contributed by atoms with E-state index >= 15 is 0 Å². The molecule has 0 amide bonds. The molecular formula is C24H25Cl2N5. The zero-order chi connectivity index (χ0) is 22.2. The van der Waals surface area contributed by atoms with Crippen LogP contribution >= 0.6 is 23.2 Å². The number of hydrogen-bond donors (Lipinski definition) is 2. The van der Waals surface area contributed by atoms with Gasteiger partial charge in [0.2, 0.25) is 5.28 Å². The summed E-state index contributed by atoms with van der Waals surface area (Å²) in [7, 11) is 0. The molecule has 0 aliphatic heterocycles. The van der Waals surface area contributed by atoms with Crippen LogP contribution in [0.3, 0.4) is 0 Å². The number of nitrogens with one attached hydrogen (secondary N) is 2. The predicted octanol–water partition coefficient (Wildman–Crippen LogP) is 6.81. The van der Waals surface area contributed by atoms with Gasteiger partial charge < -0.3 is 10.6 Å². The first-order chi connectivity index (χ1) is 14.7. The molecule has 0 saturated heterocycles. The molecule has 2 aromatic carbocycles. The normalized spacial score (nSPS) is 12.3. The van der Waals surface area contributed by atoms with Crippen molar-refractivity contribution in [1.82, 2.24) is 15.0 Å². The van der Waals surface area contributed by atoms with E-state index in [9.17, 15) is 0 Å². The second kappa shape index (κ2) is 8.13. The lowest BCUT2D eigenvalue weighted by atomic mass is 9.74. The fourth-order valence-electron chi connectivity index (χ4n) is 3.42. The third-order valence-electron chi connectivity index (χ3n) is 6.12. The highest BCUT2D eigenvalue weighted by Crippen LogP contribution is 2.36. The van der Waals surface area contributed by atoms with Crippen LogP contribution in [0.1, 0.15) is 27.7 Å². The van der Waals surface area contributed by atoms with Crippen molar-refractivity contribution >= 4 is 56.5 Å².